The van der Waals surface area contributed by atoms with Gasteiger partial charge in [0.2, 0.25) is 13.6 Å². The van der Waals surface area contributed by atoms with Crippen molar-refractivity contribution in [1.82, 2.24) is 44.1 Å². The van der Waals surface area contributed by atoms with Crippen LogP contribution in [0.4, 0.5) is 21.2 Å². The van der Waals surface area contributed by atoms with Crippen LogP contribution < -0.4 is 21.1 Å². The van der Waals surface area contributed by atoms with E-state index in [0.29, 0.717) is 40.4 Å². The lowest BCUT2D eigenvalue weighted by molar-refractivity contribution is -0.149. The summed E-state index contributed by atoms with van der Waals surface area (Å²) in [6.07, 6.45) is 0.875. The van der Waals surface area contributed by atoms with Gasteiger partial charge in [-0.1, -0.05) is 18.2 Å². The number of nitrogens with zero attached hydrogens (tertiary/aromatic N) is 8. The molecule has 0 aliphatic carbocycles. The Hall–Kier alpha value is -6.01. The molecule has 4 atom stereocenters. The minimum absolute atomic E-state index is 0.237. The Morgan fingerprint density at radius 3 is 1.54 bits per heavy atom. The lowest BCUT2D eigenvalue weighted by atomic mass is 10.3. The van der Waals surface area contributed by atoms with Gasteiger partial charge in [0.25, 0.3) is 0 Å². The third kappa shape index (κ3) is 17.9. The van der Waals surface area contributed by atoms with Crippen LogP contribution in [0, 0.1) is 0 Å². The lowest BCUT2D eigenvalue weighted by Gasteiger charge is -2.25. The Labute approximate surface area is 392 Å². The van der Waals surface area contributed by atoms with Crippen molar-refractivity contribution in [2.75, 3.05) is 37.7 Å². The smallest absolute Gasteiger partial charge is 0.462 e. The number of fused-ring (bicyclic) bond motifs is 2. The standard InChI is InChI=1S/C21H29N6O5P.C19H30N5O10P/c1-14(2)31-21(28)16(4)26-33(29,32-17-8-6-5-7-9-17)13-30-15(3)10-27-12-25-18-19(22)23-11-24-20(18)27;1-12(2)33-18(25)28-9-31-35(27,32-10-29-19(26)34-13(3)4)11-30-14(5)6-24-8-23-15-16(20)21-7-22-17(15)24/h5-9,11-12,14-16H,10,13H2,1-4H3,(H,26,29)(H2,22,23,24);7-8,12-14H,6,9-11H2,1-5H3,(H2,20,21,22)/t15-,16+,33-;14-/m11/s1. The van der Waals surface area contributed by atoms with Gasteiger partial charge in [-0.3, -0.25) is 23.0 Å². The molecule has 0 aliphatic rings. The summed E-state index contributed by atoms with van der Waals surface area (Å²) in [5, 5.41) is 2.78. The average Bonchev–Trinajstić information content (AvgIpc) is 3.87. The highest BCUT2D eigenvalue weighted by molar-refractivity contribution is 7.57. The molecule has 0 spiro atoms. The van der Waals surface area contributed by atoms with Crippen molar-refractivity contribution in [3.05, 3.63) is 55.6 Å². The van der Waals surface area contributed by atoms with Crippen molar-refractivity contribution >= 4 is 67.4 Å². The van der Waals surface area contributed by atoms with E-state index in [-0.39, 0.29) is 30.9 Å². The second kappa shape index (κ2) is 25.9. The summed E-state index contributed by atoms with van der Waals surface area (Å²) in [6, 6.07) is 7.83. The maximum atomic E-state index is 13.6. The summed E-state index contributed by atoms with van der Waals surface area (Å²) < 4.78 is 81.9. The van der Waals surface area contributed by atoms with Crippen LogP contribution in [0.5, 0.6) is 5.75 Å². The van der Waals surface area contributed by atoms with Gasteiger partial charge in [-0.2, -0.15) is 0 Å². The number of anilines is 2. The lowest BCUT2D eigenvalue weighted by Crippen LogP contribution is -2.37. The van der Waals surface area contributed by atoms with Crippen LogP contribution in [0.2, 0.25) is 0 Å². The number of hydrogen-bond donors (Lipinski definition) is 3. The maximum Gasteiger partial charge on any atom is 0.510 e. The maximum absolute atomic E-state index is 13.6. The summed E-state index contributed by atoms with van der Waals surface area (Å²) in [7, 11) is -7.70. The molecule has 5 rings (SSSR count). The van der Waals surface area contributed by atoms with Gasteiger partial charge in [0.15, 0.2) is 22.9 Å². The molecule has 68 heavy (non-hydrogen) atoms. The topological polar surface area (TPSA) is 329 Å². The first-order valence-electron chi connectivity index (χ1n) is 21.1. The van der Waals surface area contributed by atoms with Crippen LogP contribution in [0.3, 0.4) is 0 Å². The molecule has 4 aromatic heterocycles. The van der Waals surface area contributed by atoms with Crippen molar-refractivity contribution in [1.29, 1.82) is 0 Å². The van der Waals surface area contributed by atoms with Gasteiger partial charge in [0.1, 0.15) is 48.2 Å². The molecule has 0 saturated carbocycles. The summed E-state index contributed by atoms with van der Waals surface area (Å²) in [5.74, 6) is 0.388. The summed E-state index contributed by atoms with van der Waals surface area (Å²) >= 11 is 0. The first-order chi connectivity index (χ1) is 32.2. The van der Waals surface area contributed by atoms with Gasteiger partial charge in [0.05, 0.1) is 56.3 Å². The molecule has 0 unspecified atom stereocenters. The first-order valence-corrected chi connectivity index (χ1v) is 24.6. The molecule has 4 heterocycles. The Morgan fingerprint density at radius 1 is 0.632 bits per heavy atom. The third-order valence-corrected chi connectivity index (χ3v) is 11.7. The third-order valence-electron chi connectivity index (χ3n) is 8.42. The normalized spacial score (nSPS) is 13.9. The van der Waals surface area contributed by atoms with Gasteiger partial charge in [0, 0.05) is 0 Å². The average molecular weight is 996 g/mol. The minimum atomic E-state index is -4.06. The van der Waals surface area contributed by atoms with Crippen LogP contribution in [0.25, 0.3) is 22.3 Å². The van der Waals surface area contributed by atoms with E-state index in [1.165, 1.54) is 19.0 Å². The fourth-order valence-corrected chi connectivity index (χ4v) is 8.34. The fraction of sp³-hybridized carbons (Fsp3) is 0.525. The zero-order valence-corrected chi connectivity index (χ0v) is 40.9. The predicted molar refractivity (Wildman–Crippen MR) is 244 cm³/mol. The molecule has 0 saturated heterocycles. The number of carbonyl (C=O) groups excluding carboxylic acids is 3. The SMILES string of the molecule is CC(C)OC(=O)OCOP(=O)(CO[C@H](C)Cn1cnc2c(N)ncnc21)OCOC(=O)OC(C)C.CC(C)OC(=O)[C@H](C)N[P@@](=O)(CO[C@H](C)Cn1cnc2c(N)ncnc21)Oc1ccccc1. The number of ether oxygens (including phenoxy) is 7. The van der Waals surface area contributed by atoms with Crippen molar-refractivity contribution < 1.29 is 70.2 Å². The van der Waals surface area contributed by atoms with Gasteiger partial charge >= 0.3 is 33.4 Å². The first kappa shape index (κ1) is 54.6. The van der Waals surface area contributed by atoms with Gasteiger partial charge in [-0.25, -0.2) is 44.6 Å². The molecule has 0 bridgehead atoms. The largest absolute Gasteiger partial charge is 0.510 e. The molecule has 0 aliphatic heterocycles. The number of benzene rings is 1. The Morgan fingerprint density at radius 2 is 1.09 bits per heavy atom. The number of rotatable bonds is 24. The zero-order valence-electron chi connectivity index (χ0n) is 39.2. The number of nitrogens with two attached hydrogens (primary N) is 2. The van der Waals surface area contributed by atoms with E-state index in [9.17, 15) is 23.5 Å². The summed E-state index contributed by atoms with van der Waals surface area (Å²) in [6.45, 7) is 14.2. The molecule has 1 aromatic carbocycles. The number of aromatic nitrogens is 8. The van der Waals surface area contributed by atoms with Crippen LogP contribution in [0.15, 0.2) is 55.6 Å². The molecule has 5 N–H and O–H groups in total. The Kier molecular flexibility index (Phi) is 20.8. The highest BCUT2D eigenvalue weighted by Gasteiger charge is 2.32. The zero-order chi connectivity index (χ0) is 50.0. The predicted octanol–water partition coefficient (Wildman–Crippen LogP) is 6.01. The van der Waals surface area contributed by atoms with Crippen LogP contribution >= 0.6 is 15.1 Å². The van der Waals surface area contributed by atoms with E-state index >= 15 is 0 Å². The Balaban J connectivity index is 0.000000297. The van der Waals surface area contributed by atoms with E-state index in [0.717, 1.165) is 0 Å². The molecular formula is C40H59N11O15P2. The van der Waals surface area contributed by atoms with E-state index < -0.39 is 77.7 Å². The number of nitrogens with one attached hydrogen (secondary N) is 1. The summed E-state index contributed by atoms with van der Waals surface area (Å²) in [5.41, 5.74) is 13.6. The number of para-hydroxylation sites is 1. The van der Waals surface area contributed by atoms with E-state index in [2.05, 4.69) is 35.0 Å². The molecule has 0 fully saturated rings. The molecule has 26 nitrogen and oxygen atoms in total. The molecule has 374 valence electrons. The Bertz CT molecular complexity index is 2460. The highest BCUT2D eigenvalue weighted by atomic mass is 31.2. The quantitative estimate of drug-likeness (QED) is 0.0276. The van der Waals surface area contributed by atoms with Crippen molar-refractivity contribution in [3.63, 3.8) is 0 Å². The second-order valence-corrected chi connectivity index (χ2v) is 19.6. The van der Waals surface area contributed by atoms with Crippen molar-refractivity contribution in [2.45, 2.75) is 112 Å². The molecule has 5 aromatic rings. The van der Waals surface area contributed by atoms with Crippen molar-refractivity contribution in [3.8, 4) is 5.75 Å². The van der Waals surface area contributed by atoms with Gasteiger partial charge < -0.3 is 58.3 Å². The molecular weight excluding hydrogens is 936 g/mol. The number of carbonyl (C=O) groups is 3. The fourth-order valence-electron chi connectivity index (χ4n) is 5.47. The van der Waals surface area contributed by atoms with Gasteiger partial charge in [-0.15, -0.1) is 0 Å². The minimum Gasteiger partial charge on any atom is -0.462 e. The molecule has 0 amide bonds. The second-order valence-electron chi connectivity index (χ2n) is 15.5. The number of imidazole rings is 2. The van der Waals surface area contributed by atoms with Crippen LogP contribution in [0.1, 0.15) is 62.3 Å². The number of hydrogen-bond acceptors (Lipinski definition) is 23. The van der Waals surface area contributed by atoms with Gasteiger partial charge in [-0.05, 0) is 74.4 Å². The van der Waals surface area contributed by atoms with E-state index in [1.54, 1.807) is 95.1 Å². The van der Waals surface area contributed by atoms with Crippen LogP contribution in [-0.4, -0.2) is 120 Å². The molecule has 0 radical (unpaired) electrons. The van der Waals surface area contributed by atoms with Crippen LogP contribution in [-0.2, 0) is 69.2 Å². The van der Waals surface area contributed by atoms with E-state index in [1.807, 2.05) is 13.0 Å². The number of nitrogen functional groups attached to an aromatic ring is 2. The summed E-state index contributed by atoms with van der Waals surface area (Å²) in [4.78, 5) is 59.9. The van der Waals surface area contributed by atoms with E-state index in [4.69, 9.17) is 58.2 Å². The highest BCUT2D eigenvalue weighted by Crippen LogP contribution is 2.48. The number of esters is 1. The van der Waals surface area contributed by atoms with Crippen molar-refractivity contribution in [2.24, 2.45) is 0 Å². The monoisotopic (exact) mass is 995 g/mol. The molecule has 28 heteroatoms.